The van der Waals surface area contributed by atoms with Gasteiger partial charge in [0.15, 0.2) is 0 Å². The number of carbonyl (C=O) groups excluding carboxylic acids is 2. The molecule has 2 rings (SSSR count). The highest BCUT2D eigenvalue weighted by Crippen LogP contribution is 2.38. The van der Waals surface area contributed by atoms with E-state index in [1.165, 1.54) is 0 Å². The van der Waals surface area contributed by atoms with E-state index in [0.717, 1.165) is 12.8 Å². The number of rotatable bonds is 4. The fraction of sp³-hybridized carbons (Fsp3) is 0.429. The van der Waals surface area contributed by atoms with Crippen LogP contribution in [0, 0.1) is 5.92 Å². The first kappa shape index (κ1) is 13.5. The summed E-state index contributed by atoms with van der Waals surface area (Å²) in [4.78, 5) is 23.2. The number of para-hydroxylation sites is 1. The largest absolute Gasteiger partial charge is 0.388 e. The first-order valence-corrected chi connectivity index (χ1v) is 6.35. The normalized spacial score (nSPS) is 17.4. The van der Waals surface area contributed by atoms with Crippen molar-refractivity contribution in [2.45, 2.75) is 25.4 Å². The second-order valence-electron chi connectivity index (χ2n) is 5.13. The predicted molar refractivity (Wildman–Crippen MR) is 71.4 cm³/mol. The number of hydrogen-bond acceptors (Lipinski definition) is 3. The van der Waals surface area contributed by atoms with Crippen LogP contribution in [0.1, 0.15) is 19.8 Å². The molecular weight excluding hydrogens is 244 g/mol. The Morgan fingerprint density at radius 2 is 1.89 bits per heavy atom. The maximum absolute atomic E-state index is 11.6. The van der Waals surface area contributed by atoms with Crippen LogP contribution in [-0.2, 0) is 9.59 Å². The molecule has 102 valence electrons. The molecule has 0 saturated heterocycles. The van der Waals surface area contributed by atoms with Crippen LogP contribution in [0.5, 0.6) is 0 Å². The summed E-state index contributed by atoms with van der Waals surface area (Å²) in [5.74, 6) is -1.23. The van der Waals surface area contributed by atoms with Gasteiger partial charge in [0.1, 0.15) is 0 Å². The van der Waals surface area contributed by atoms with Gasteiger partial charge in [-0.3, -0.25) is 9.59 Å². The van der Waals surface area contributed by atoms with Gasteiger partial charge in [0.05, 0.1) is 5.60 Å². The van der Waals surface area contributed by atoms with Crippen molar-refractivity contribution in [1.29, 1.82) is 0 Å². The smallest absolute Gasteiger partial charge is 0.313 e. The molecule has 1 aromatic carbocycles. The molecule has 5 heteroatoms. The molecule has 5 nitrogen and oxygen atoms in total. The third-order valence-corrected chi connectivity index (χ3v) is 3.30. The number of hydrogen-bond donors (Lipinski definition) is 3. The summed E-state index contributed by atoms with van der Waals surface area (Å²) >= 11 is 0. The van der Waals surface area contributed by atoms with Crippen LogP contribution < -0.4 is 10.6 Å². The van der Waals surface area contributed by atoms with E-state index in [1.807, 2.05) is 6.07 Å². The fourth-order valence-electron chi connectivity index (χ4n) is 1.90. The van der Waals surface area contributed by atoms with Crippen molar-refractivity contribution < 1.29 is 14.7 Å². The van der Waals surface area contributed by atoms with Gasteiger partial charge in [-0.05, 0) is 37.8 Å². The van der Waals surface area contributed by atoms with E-state index in [9.17, 15) is 14.7 Å². The summed E-state index contributed by atoms with van der Waals surface area (Å²) < 4.78 is 0. The Kier molecular flexibility index (Phi) is 3.85. The van der Waals surface area contributed by atoms with Gasteiger partial charge in [-0.15, -0.1) is 0 Å². The van der Waals surface area contributed by atoms with E-state index in [4.69, 9.17) is 0 Å². The predicted octanol–water partition coefficient (Wildman–Crippen LogP) is 0.902. The summed E-state index contributed by atoms with van der Waals surface area (Å²) in [6.45, 7) is 1.78. The summed E-state index contributed by atoms with van der Waals surface area (Å²) in [6.07, 6.45) is 1.94. The summed E-state index contributed by atoms with van der Waals surface area (Å²) in [6, 6.07) is 8.76. The average Bonchev–Trinajstić information content (AvgIpc) is 3.22. The first-order valence-electron chi connectivity index (χ1n) is 6.35. The Balaban J connectivity index is 1.81. The molecule has 1 aliphatic rings. The molecule has 0 heterocycles. The lowest BCUT2D eigenvalue weighted by atomic mass is 10.0. The van der Waals surface area contributed by atoms with Gasteiger partial charge in [0.25, 0.3) is 0 Å². The van der Waals surface area contributed by atoms with Gasteiger partial charge in [-0.1, -0.05) is 18.2 Å². The summed E-state index contributed by atoms with van der Waals surface area (Å²) in [5, 5.41) is 15.0. The number of amides is 2. The van der Waals surface area contributed by atoms with Crippen molar-refractivity contribution >= 4 is 17.5 Å². The zero-order valence-corrected chi connectivity index (χ0v) is 10.8. The lowest BCUT2D eigenvalue weighted by Crippen LogP contribution is -2.45. The lowest BCUT2D eigenvalue weighted by molar-refractivity contribution is -0.136. The van der Waals surface area contributed by atoms with Crippen molar-refractivity contribution in [3.05, 3.63) is 30.3 Å². The molecule has 0 spiro atoms. The van der Waals surface area contributed by atoms with Gasteiger partial charge >= 0.3 is 11.8 Å². The fourth-order valence-corrected chi connectivity index (χ4v) is 1.90. The van der Waals surface area contributed by atoms with Gasteiger partial charge in [-0.2, -0.15) is 0 Å². The zero-order valence-electron chi connectivity index (χ0n) is 10.8. The van der Waals surface area contributed by atoms with Gasteiger partial charge in [0.2, 0.25) is 0 Å². The van der Waals surface area contributed by atoms with Gasteiger partial charge in [0, 0.05) is 12.2 Å². The Bertz CT molecular complexity index is 467. The Labute approximate surface area is 112 Å². The molecule has 3 N–H and O–H groups in total. The molecule has 0 unspecified atom stereocenters. The van der Waals surface area contributed by atoms with Crippen LogP contribution in [0.3, 0.4) is 0 Å². The molecular formula is C14H18N2O3. The maximum atomic E-state index is 11.6. The van der Waals surface area contributed by atoms with Gasteiger partial charge in [-0.25, -0.2) is 0 Å². The molecule has 0 aromatic heterocycles. The molecule has 2 amide bonds. The second-order valence-corrected chi connectivity index (χ2v) is 5.13. The van der Waals surface area contributed by atoms with Crippen molar-refractivity contribution in [3.63, 3.8) is 0 Å². The molecule has 19 heavy (non-hydrogen) atoms. The summed E-state index contributed by atoms with van der Waals surface area (Å²) in [5.41, 5.74) is -0.362. The van der Waals surface area contributed by atoms with E-state index in [-0.39, 0.29) is 12.5 Å². The van der Waals surface area contributed by atoms with Crippen LogP contribution in [0.25, 0.3) is 0 Å². The van der Waals surface area contributed by atoms with Crippen LogP contribution in [0.15, 0.2) is 30.3 Å². The topological polar surface area (TPSA) is 78.4 Å². The molecule has 1 saturated carbocycles. The molecule has 0 bridgehead atoms. The zero-order chi connectivity index (χ0) is 13.9. The highest BCUT2D eigenvalue weighted by molar-refractivity contribution is 6.39. The number of benzene rings is 1. The van der Waals surface area contributed by atoms with E-state index in [1.54, 1.807) is 31.2 Å². The van der Waals surface area contributed by atoms with Crippen LogP contribution in [0.4, 0.5) is 5.69 Å². The van der Waals surface area contributed by atoms with Crippen LogP contribution in [0.2, 0.25) is 0 Å². The van der Waals surface area contributed by atoms with Crippen molar-refractivity contribution in [3.8, 4) is 0 Å². The van der Waals surface area contributed by atoms with Crippen LogP contribution in [-0.4, -0.2) is 29.1 Å². The van der Waals surface area contributed by atoms with E-state index in [2.05, 4.69) is 10.6 Å². The average molecular weight is 262 g/mol. The second kappa shape index (κ2) is 5.40. The number of aliphatic hydroxyl groups is 1. The lowest BCUT2D eigenvalue weighted by Gasteiger charge is -2.22. The summed E-state index contributed by atoms with van der Waals surface area (Å²) in [7, 11) is 0. The number of nitrogens with one attached hydrogen (secondary N) is 2. The third kappa shape index (κ3) is 3.79. The third-order valence-electron chi connectivity index (χ3n) is 3.30. The SMILES string of the molecule is C[C@](O)(CNC(=O)C(=O)Nc1ccccc1)C1CC1. The molecule has 1 aromatic rings. The van der Waals surface area contributed by atoms with Crippen molar-refractivity contribution in [1.82, 2.24) is 5.32 Å². The minimum atomic E-state index is -0.928. The quantitative estimate of drug-likeness (QED) is 0.705. The van der Waals surface area contributed by atoms with E-state index in [0.29, 0.717) is 5.69 Å². The molecule has 1 fully saturated rings. The van der Waals surface area contributed by atoms with E-state index >= 15 is 0 Å². The van der Waals surface area contributed by atoms with Crippen LogP contribution >= 0.6 is 0 Å². The van der Waals surface area contributed by atoms with E-state index < -0.39 is 17.4 Å². The first-order chi connectivity index (χ1) is 8.99. The maximum Gasteiger partial charge on any atom is 0.313 e. The number of anilines is 1. The molecule has 1 aliphatic carbocycles. The molecule has 0 aliphatic heterocycles. The Morgan fingerprint density at radius 1 is 1.26 bits per heavy atom. The minimum absolute atomic E-state index is 0.0959. The number of carbonyl (C=O) groups is 2. The molecule has 1 atom stereocenters. The minimum Gasteiger partial charge on any atom is -0.388 e. The van der Waals surface area contributed by atoms with Crippen molar-refractivity contribution in [2.75, 3.05) is 11.9 Å². The van der Waals surface area contributed by atoms with Gasteiger partial charge < -0.3 is 15.7 Å². The highest BCUT2D eigenvalue weighted by atomic mass is 16.3. The Hall–Kier alpha value is -1.88. The standard InChI is InChI=1S/C14H18N2O3/c1-14(19,10-7-8-10)9-15-12(17)13(18)16-11-5-3-2-4-6-11/h2-6,10,19H,7-9H2,1H3,(H,15,17)(H,16,18)/t14-/m0/s1. The monoisotopic (exact) mass is 262 g/mol. The Morgan fingerprint density at radius 3 is 2.47 bits per heavy atom. The van der Waals surface area contributed by atoms with Crippen molar-refractivity contribution in [2.24, 2.45) is 5.92 Å². The molecule has 0 radical (unpaired) electrons. The highest BCUT2D eigenvalue weighted by Gasteiger charge is 2.40.